The minimum absolute atomic E-state index is 0.143. The van der Waals surface area contributed by atoms with Gasteiger partial charge in [0.2, 0.25) is 0 Å². The monoisotopic (exact) mass is 495 g/mol. The average molecular weight is 496 g/mol. The molecule has 1 N–H and O–H groups in total. The Morgan fingerprint density at radius 2 is 1.65 bits per heavy atom. The summed E-state index contributed by atoms with van der Waals surface area (Å²) in [6.45, 7) is 4.55. The molecular formula is C26H23Cl2N3O3. The van der Waals surface area contributed by atoms with Crippen LogP contribution in [0.3, 0.4) is 0 Å². The molecule has 2 heterocycles. The van der Waals surface area contributed by atoms with E-state index in [4.69, 9.17) is 23.2 Å². The van der Waals surface area contributed by atoms with Crippen molar-refractivity contribution in [2.45, 2.75) is 32.7 Å². The summed E-state index contributed by atoms with van der Waals surface area (Å²) in [5, 5.41) is 3.30. The Morgan fingerprint density at radius 1 is 0.971 bits per heavy atom. The zero-order valence-electron chi connectivity index (χ0n) is 18.7. The molecule has 3 aromatic rings. The number of imide groups is 2. The molecular weight excluding hydrogens is 473 g/mol. The summed E-state index contributed by atoms with van der Waals surface area (Å²) in [5.74, 6) is -1.07. The number of amides is 4. The summed E-state index contributed by atoms with van der Waals surface area (Å²) in [5.41, 5.74) is 2.68. The molecule has 0 spiro atoms. The van der Waals surface area contributed by atoms with E-state index in [9.17, 15) is 14.4 Å². The summed E-state index contributed by atoms with van der Waals surface area (Å²) >= 11 is 12.6. The Labute approximate surface area is 207 Å². The fourth-order valence-corrected chi connectivity index (χ4v) is 4.30. The first-order valence-corrected chi connectivity index (χ1v) is 11.6. The predicted octanol–water partition coefficient (Wildman–Crippen LogP) is 6.02. The van der Waals surface area contributed by atoms with Crippen LogP contribution < -0.4 is 10.2 Å². The fourth-order valence-electron chi connectivity index (χ4n) is 3.78. The van der Waals surface area contributed by atoms with E-state index in [0.717, 1.165) is 22.4 Å². The number of barbiturate groups is 1. The van der Waals surface area contributed by atoms with E-state index in [0.29, 0.717) is 33.9 Å². The van der Waals surface area contributed by atoms with Gasteiger partial charge >= 0.3 is 6.03 Å². The number of nitrogens with one attached hydrogen (secondary N) is 1. The Kier molecular flexibility index (Phi) is 6.91. The van der Waals surface area contributed by atoms with Gasteiger partial charge in [-0.2, -0.15) is 0 Å². The van der Waals surface area contributed by atoms with Crippen molar-refractivity contribution >= 4 is 52.8 Å². The summed E-state index contributed by atoms with van der Waals surface area (Å²) in [7, 11) is 0. The Hall–Kier alpha value is -3.35. The summed E-state index contributed by atoms with van der Waals surface area (Å²) in [4.78, 5) is 39.3. The topological polar surface area (TPSA) is 71.4 Å². The highest BCUT2D eigenvalue weighted by molar-refractivity contribution is 6.39. The van der Waals surface area contributed by atoms with E-state index in [1.54, 1.807) is 48.7 Å². The lowest BCUT2D eigenvalue weighted by atomic mass is 9.98. The van der Waals surface area contributed by atoms with E-state index < -0.39 is 17.8 Å². The van der Waals surface area contributed by atoms with Crippen LogP contribution in [0.5, 0.6) is 0 Å². The van der Waals surface area contributed by atoms with Crippen LogP contribution >= 0.6 is 23.2 Å². The molecule has 1 fully saturated rings. The van der Waals surface area contributed by atoms with Crippen LogP contribution in [-0.4, -0.2) is 22.4 Å². The molecule has 34 heavy (non-hydrogen) atoms. The molecule has 8 heteroatoms. The molecule has 2 aromatic carbocycles. The van der Waals surface area contributed by atoms with Gasteiger partial charge in [0.05, 0.1) is 12.2 Å². The van der Waals surface area contributed by atoms with E-state index in [1.807, 2.05) is 16.7 Å². The van der Waals surface area contributed by atoms with Gasteiger partial charge in [0.1, 0.15) is 5.57 Å². The number of carbonyl (C=O) groups excluding carboxylic acids is 3. The third kappa shape index (κ3) is 4.65. The SMILES string of the molecule is CCC(C)c1ccc(N2C(=O)NC(=O)/C(=C\c3cccn3Cc3c(Cl)cccc3Cl)C2=O)cc1. The number of anilines is 1. The first-order chi connectivity index (χ1) is 16.3. The molecule has 0 bridgehead atoms. The molecule has 0 aliphatic carbocycles. The highest BCUT2D eigenvalue weighted by atomic mass is 35.5. The van der Waals surface area contributed by atoms with Crippen molar-refractivity contribution in [3.63, 3.8) is 0 Å². The van der Waals surface area contributed by atoms with E-state index in [2.05, 4.69) is 19.2 Å². The molecule has 0 radical (unpaired) electrons. The third-order valence-corrected chi connectivity index (χ3v) is 6.69. The molecule has 1 atom stereocenters. The third-order valence-electron chi connectivity index (χ3n) is 5.98. The lowest BCUT2D eigenvalue weighted by Crippen LogP contribution is -2.54. The van der Waals surface area contributed by atoms with Crippen molar-refractivity contribution in [1.29, 1.82) is 0 Å². The number of aromatic nitrogens is 1. The standard InChI is InChI=1S/C26H23Cl2N3O3/c1-3-16(2)17-9-11-18(12-10-17)31-25(33)20(24(32)29-26(31)34)14-19-6-5-13-30(19)15-21-22(27)7-4-8-23(21)28/h4-14,16H,3,15H2,1-2H3,(H,29,32,34)/b20-14+. The van der Waals surface area contributed by atoms with Gasteiger partial charge in [0.25, 0.3) is 11.8 Å². The molecule has 4 amide bonds. The van der Waals surface area contributed by atoms with Gasteiger partial charge < -0.3 is 4.57 Å². The largest absolute Gasteiger partial charge is 0.343 e. The van der Waals surface area contributed by atoms with Crippen LogP contribution in [0.25, 0.3) is 6.08 Å². The molecule has 1 aromatic heterocycles. The highest BCUT2D eigenvalue weighted by Gasteiger charge is 2.37. The van der Waals surface area contributed by atoms with Gasteiger partial charge in [-0.3, -0.25) is 14.9 Å². The summed E-state index contributed by atoms with van der Waals surface area (Å²) in [6.07, 6.45) is 4.24. The van der Waals surface area contributed by atoms with Crippen molar-refractivity contribution in [2.24, 2.45) is 0 Å². The van der Waals surface area contributed by atoms with E-state index >= 15 is 0 Å². The Bertz CT molecular complexity index is 1270. The van der Waals surface area contributed by atoms with Gasteiger partial charge in [0.15, 0.2) is 0 Å². The number of hydrogen-bond acceptors (Lipinski definition) is 3. The number of urea groups is 1. The van der Waals surface area contributed by atoms with Crippen molar-refractivity contribution in [1.82, 2.24) is 9.88 Å². The summed E-state index contributed by atoms with van der Waals surface area (Å²) < 4.78 is 1.82. The van der Waals surface area contributed by atoms with Crippen LogP contribution in [0.2, 0.25) is 10.0 Å². The average Bonchev–Trinajstić information content (AvgIpc) is 3.25. The molecule has 1 aliphatic rings. The minimum atomic E-state index is -0.776. The van der Waals surface area contributed by atoms with Gasteiger partial charge in [-0.05, 0) is 60.4 Å². The first kappa shape index (κ1) is 23.8. The quantitative estimate of drug-likeness (QED) is 0.335. The number of benzene rings is 2. The van der Waals surface area contributed by atoms with E-state index in [1.165, 1.54) is 6.08 Å². The molecule has 174 valence electrons. The second-order valence-corrected chi connectivity index (χ2v) is 8.93. The van der Waals surface area contributed by atoms with Crippen LogP contribution in [0.15, 0.2) is 66.4 Å². The Balaban J connectivity index is 1.65. The van der Waals surface area contributed by atoms with Gasteiger partial charge in [-0.25, -0.2) is 9.69 Å². The maximum absolute atomic E-state index is 13.3. The zero-order valence-corrected chi connectivity index (χ0v) is 20.2. The molecule has 1 saturated heterocycles. The lowest BCUT2D eigenvalue weighted by Gasteiger charge is -2.26. The second kappa shape index (κ2) is 9.87. The van der Waals surface area contributed by atoms with Gasteiger partial charge in [-0.1, -0.05) is 55.2 Å². The number of nitrogens with zero attached hydrogens (tertiary/aromatic N) is 2. The summed E-state index contributed by atoms with van der Waals surface area (Å²) in [6, 6.07) is 15.3. The van der Waals surface area contributed by atoms with Crippen molar-refractivity contribution in [3.05, 3.63) is 93.2 Å². The van der Waals surface area contributed by atoms with Crippen molar-refractivity contribution < 1.29 is 14.4 Å². The van der Waals surface area contributed by atoms with Crippen LogP contribution in [0.4, 0.5) is 10.5 Å². The lowest BCUT2D eigenvalue weighted by molar-refractivity contribution is -0.122. The fraction of sp³-hybridized carbons (Fsp3) is 0.192. The molecule has 6 nitrogen and oxygen atoms in total. The zero-order chi connectivity index (χ0) is 24.4. The number of rotatable bonds is 6. The molecule has 0 saturated carbocycles. The van der Waals surface area contributed by atoms with Crippen LogP contribution in [-0.2, 0) is 16.1 Å². The number of halogens is 2. The van der Waals surface area contributed by atoms with E-state index in [-0.39, 0.29) is 5.57 Å². The molecule has 1 unspecified atom stereocenters. The second-order valence-electron chi connectivity index (χ2n) is 8.12. The van der Waals surface area contributed by atoms with Crippen LogP contribution in [0, 0.1) is 0 Å². The van der Waals surface area contributed by atoms with Crippen molar-refractivity contribution in [3.8, 4) is 0 Å². The number of carbonyl (C=O) groups is 3. The Morgan fingerprint density at radius 3 is 2.29 bits per heavy atom. The first-order valence-electron chi connectivity index (χ1n) is 10.9. The van der Waals surface area contributed by atoms with Crippen molar-refractivity contribution in [2.75, 3.05) is 4.90 Å². The maximum Gasteiger partial charge on any atom is 0.335 e. The highest BCUT2D eigenvalue weighted by Crippen LogP contribution is 2.28. The predicted molar refractivity (Wildman–Crippen MR) is 134 cm³/mol. The van der Waals surface area contributed by atoms with Gasteiger partial charge in [-0.15, -0.1) is 0 Å². The normalized spacial score (nSPS) is 16.2. The molecule has 1 aliphatic heterocycles. The molecule has 4 rings (SSSR count). The number of hydrogen-bond donors (Lipinski definition) is 1. The smallest absolute Gasteiger partial charge is 0.335 e. The maximum atomic E-state index is 13.3. The minimum Gasteiger partial charge on any atom is -0.343 e. The van der Waals surface area contributed by atoms with Crippen LogP contribution in [0.1, 0.15) is 43.0 Å². The van der Waals surface area contributed by atoms with Gasteiger partial charge in [0, 0.05) is 27.5 Å².